The molecule has 0 aromatic heterocycles. The Balaban J connectivity index is 2.12. The van der Waals surface area contributed by atoms with Crippen molar-refractivity contribution in [2.45, 2.75) is 26.1 Å². The van der Waals surface area contributed by atoms with Crippen LogP contribution in [0.25, 0.3) is 0 Å². The maximum Gasteiger partial charge on any atom is 0.259 e. The molecule has 0 unspecified atom stereocenters. The van der Waals surface area contributed by atoms with E-state index in [1.54, 1.807) is 12.5 Å². The lowest BCUT2D eigenvalue weighted by Crippen LogP contribution is -2.00. The number of hydrogen-bond acceptors (Lipinski definition) is 2. The van der Waals surface area contributed by atoms with Crippen LogP contribution in [-0.2, 0) is 9.47 Å². The molecule has 0 aromatic rings. The molecule has 2 nitrogen and oxygen atoms in total. The predicted molar refractivity (Wildman–Crippen MR) is 48.3 cm³/mol. The summed E-state index contributed by atoms with van der Waals surface area (Å²) in [6, 6.07) is 0. The molecule has 0 radical (unpaired) electrons. The van der Waals surface area contributed by atoms with Gasteiger partial charge in [0.05, 0.1) is 0 Å². The first-order valence-electron chi connectivity index (χ1n) is 4.22. The van der Waals surface area contributed by atoms with Crippen LogP contribution < -0.4 is 0 Å². The third kappa shape index (κ3) is 3.28. The third-order valence-corrected chi connectivity index (χ3v) is 1.45. The van der Waals surface area contributed by atoms with E-state index in [1.807, 2.05) is 18.2 Å². The number of hydrogen-bond donors (Lipinski definition) is 0. The maximum absolute atomic E-state index is 5.04. The Hall–Kier alpha value is -1.18. The molecule has 0 aliphatic carbocycles. The zero-order valence-electron chi connectivity index (χ0n) is 7.27. The molecule has 1 heterocycles. The SMILES string of the molecule is CCC/C=C/C=C/C1OC=CO1. The average molecular weight is 166 g/mol. The molecular formula is C10H14O2. The minimum Gasteiger partial charge on any atom is -0.456 e. The number of allylic oxidation sites excluding steroid dienone is 3. The van der Waals surface area contributed by atoms with Gasteiger partial charge in [-0.05, 0) is 12.5 Å². The van der Waals surface area contributed by atoms with Gasteiger partial charge in [-0.25, -0.2) is 0 Å². The van der Waals surface area contributed by atoms with Crippen LogP contribution in [0.15, 0.2) is 36.8 Å². The monoisotopic (exact) mass is 166 g/mol. The van der Waals surface area contributed by atoms with Crippen molar-refractivity contribution in [2.24, 2.45) is 0 Å². The molecule has 0 atom stereocenters. The zero-order valence-corrected chi connectivity index (χ0v) is 7.27. The molecule has 0 saturated heterocycles. The van der Waals surface area contributed by atoms with Gasteiger partial charge < -0.3 is 9.47 Å². The van der Waals surface area contributed by atoms with E-state index in [9.17, 15) is 0 Å². The maximum atomic E-state index is 5.04. The molecule has 0 amide bonds. The summed E-state index contributed by atoms with van der Waals surface area (Å²) < 4.78 is 10.1. The fourth-order valence-corrected chi connectivity index (χ4v) is 0.838. The van der Waals surface area contributed by atoms with Crippen molar-refractivity contribution in [3.8, 4) is 0 Å². The summed E-state index contributed by atoms with van der Waals surface area (Å²) in [6.07, 6.45) is 13.1. The highest BCUT2D eigenvalue weighted by Gasteiger charge is 2.04. The van der Waals surface area contributed by atoms with E-state index < -0.39 is 0 Å². The molecule has 0 fully saturated rings. The van der Waals surface area contributed by atoms with Gasteiger partial charge in [0, 0.05) is 0 Å². The number of rotatable bonds is 4. The standard InChI is InChI=1S/C10H14O2/c1-2-3-4-5-6-7-10-11-8-9-12-10/h4-10H,2-3H2,1H3/b5-4+,7-6+. The summed E-state index contributed by atoms with van der Waals surface area (Å²) in [5.41, 5.74) is 0. The summed E-state index contributed by atoms with van der Waals surface area (Å²) >= 11 is 0. The lowest BCUT2D eigenvalue weighted by molar-refractivity contribution is 0.0191. The van der Waals surface area contributed by atoms with Crippen LogP contribution in [0.2, 0.25) is 0 Å². The first kappa shape index (κ1) is 8.91. The van der Waals surface area contributed by atoms with Gasteiger partial charge in [0.2, 0.25) is 0 Å². The molecule has 66 valence electrons. The molecule has 2 heteroatoms. The van der Waals surface area contributed by atoms with E-state index >= 15 is 0 Å². The van der Waals surface area contributed by atoms with Crippen molar-refractivity contribution < 1.29 is 9.47 Å². The molecule has 1 aliphatic heterocycles. The van der Waals surface area contributed by atoms with Gasteiger partial charge in [-0.2, -0.15) is 0 Å². The first-order valence-corrected chi connectivity index (χ1v) is 4.22. The van der Waals surface area contributed by atoms with Crippen molar-refractivity contribution in [3.63, 3.8) is 0 Å². The second kappa shape index (κ2) is 5.47. The summed E-state index contributed by atoms with van der Waals surface area (Å²) in [5, 5.41) is 0. The van der Waals surface area contributed by atoms with E-state index in [-0.39, 0.29) is 6.29 Å². The van der Waals surface area contributed by atoms with Gasteiger partial charge in [0.15, 0.2) is 0 Å². The lowest BCUT2D eigenvalue weighted by atomic mass is 10.3. The number of ether oxygens (including phenoxy) is 2. The third-order valence-electron chi connectivity index (χ3n) is 1.45. The van der Waals surface area contributed by atoms with E-state index in [0.29, 0.717) is 0 Å². The Labute approximate surface area is 73.2 Å². The Bertz CT molecular complexity index is 184. The van der Waals surface area contributed by atoms with Gasteiger partial charge >= 0.3 is 0 Å². The van der Waals surface area contributed by atoms with Crippen molar-refractivity contribution in [1.29, 1.82) is 0 Å². The van der Waals surface area contributed by atoms with E-state index in [1.165, 1.54) is 6.42 Å². The van der Waals surface area contributed by atoms with Crippen molar-refractivity contribution >= 4 is 0 Å². The second-order valence-electron chi connectivity index (χ2n) is 2.51. The molecule has 0 spiro atoms. The van der Waals surface area contributed by atoms with Gasteiger partial charge in [-0.15, -0.1) is 0 Å². The fraction of sp³-hybridized carbons (Fsp3) is 0.400. The highest BCUT2D eigenvalue weighted by atomic mass is 16.7. The van der Waals surface area contributed by atoms with Crippen molar-refractivity contribution in [2.75, 3.05) is 0 Å². The minimum atomic E-state index is -0.226. The molecule has 12 heavy (non-hydrogen) atoms. The Kier molecular flexibility index (Phi) is 4.06. The van der Waals surface area contributed by atoms with E-state index in [2.05, 4.69) is 13.0 Å². The quantitative estimate of drug-likeness (QED) is 0.598. The lowest BCUT2D eigenvalue weighted by Gasteiger charge is -2.01. The smallest absolute Gasteiger partial charge is 0.259 e. The molecule has 0 aromatic carbocycles. The van der Waals surface area contributed by atoms with Gasteiger partial charge in [-0.1, -0.05) is 31.6 Å². The summed E-state index contributed by atoms with van der Waals surface area (Å²) in [4.78, 5) is 0. The number of unbranched alkanes of at least 4 members (excludes halogenated alkanes) is 1. The molecule has 0 bridgehead atoms. The normalized spacial score (nSPS) is 17.4. The van der Waals surface area contributed by atoms with Crippen LogP contribution in [0.5, 0.6) is 0 Å². The van der Waals surface area contributed by atoms with Gasteiger partial charge in [0.1, 0.15) is 12.5 Å². The van der Waals surface area contributed by atoms with Gasteiger partial charge in [-0.3, -0.25) is 0 Å². The van der Waals surface area contributed by atoms with Crippen LogP contribution >= 0.6 is 0 Å². The summed E-state index contributed by atoms with van der Waals surface area (Å²) in [7, 11) is 0. The Morgan fingerprint density at radius 3 is 2.67 bits per heavy atom. The summed E-state index contributed by atoms with van der Waals surface area (Å²) in [5.74, 6) is 0. The highest BCUT2D eigenvalue weighted by Crippen LogP contribution is 2.05. The van der Waals surface area contributed by atoms with Crippen LogP contribution in [0.3, 0.4) is 0 Å². The van der Waals surface area contributed by atoms with Crippen LogP contribution in [-0.4, -0.2) is 6.29 Å². The zero-order chi connectivity index (χ0) is 8.65. The summed E-state index contributed by atoms with van der Waals surface area (Å²) in [6.45, 7) is 2.15. The fourth-order valence-electron chi connectivity index (χ4n) is 0.838. The van der Waals surface area contributed by atoms with Gasteiger partial charge in [0.25, 0.3) is 6.29 Å². The largest absolute Gasteiger partial charge is 0.456 e. The van der Waals surface area contributed by atoms with Crippen molar-refractivity contribution in [3.05, 3.63) is 36.8 Å². The highest BCUT2D eigenvalue weighted by molar-refractivity contribution is 5.04. The minimum absolute atomic E-state index is 0.226. The Morgan fingerprint density at radius 2 is 2.00 bits per heavy atom. The topological polar surface area (TPSA) is 18.5 Å². The first-order chi connectivity index (χ1) is 5.93. The second-order valence-corrected chi connectivity index (χ2v) is 2.51. The van der Waals surface area contributed by atoms with Crippen molar-refractivity contribution in [1.82, 2.24) is 0 Å². The molecular weight excluding hydrogens is 152 g/mol. The molecule has 1 aliphatic rings. The molecule has 0 N–H and O–H groups in total. The van der Waals surface area contributed by atoms with Crippen LogP contribution in [0.1, 0.15) is 19.8 Å². The predicted octanol–water partition coefficient (Wildman–Crippen LogP) is 2.74. The molecule has 0 saturated carbocycles. The van der Waals surface area contributed by atoms with E-state index in [0.717, 1.165) is 6.42 Å². The van der Waals surface area contributed by atoms with Crippen LogP contribution in [0.4, 0.5) is 0 Å². The van der Waals surface area contributed by atoms with E-state index in [4.69, 9.17) is 9.47 Å². The van der Waals surface area contributed by atoms with Crippen LogP contribution in [0, 0.1) is 0 Å². The molecule has 1 rings (SSSR count). The Morgan fingerprint density at radius 1 is 1.25 bits per heavy atom. The average Bonchev–Trinajstić information content (AvgIpc) is 2.57.